The van der Waals surface area contributed by atoms with Crippen LogP contribution < -0.4 is 20.7 Å². The van der Waals surface area contributed by atoms with Gasteiger partial charge >= 0.3 is 6.09 Å². The summed E-state index contributed by atoms with van der Waals surface area (Å²) in [4.78, 5) is 36.5. The molecule has 0 heterocycles. The van der Waals surface area contributed by atoms with Crippen LogP contribution in [0.5, 0.6) is 5.75 Å². The van der Waals surface area contributed by atoms with Gasteiger partial charge in [0, 0.05) is 12.2 Å². The summed E-state index contributed by atoms with van der Waals surface area (Å²) < 4.78 is 10.9. The van der Waals surface area contributed by atoms with Crippen LogP contribution >= 0.6 is 0 Å². The maximum Gasteiger partial charge on any atom is 0.408 e. The van der Waals surface area contributed by atoms with Crippen LogP contribution in [-0.4, -0.2) is 36.2 Å². The van der Waals surface area contributed by atoms with E-state index < -0.39 is 23.7 Å². The Bertz CT molecular complexity index is 981. The molecule has 0 bridgehead atoms. The Hall–Kier alpha value is -3.55. The number of carbonyl (C=O) groups is 3. The minimum atomic E-state index is -0.690. The molecule has 3 amide bonds. The summed E-state index contributed by atoms with van der Waals surface area (Å²) in [5, 5.41) is 7.99. The average molecular weight is 470 g/mol. The zero-order chi connectivity index (χ0) is 25.3. The fraction of sp³-hybridized carbons (Fsp3) is 0.423. The van der Waals surface area contributed by atoms with Crippen molar-refractivity contribution >= 4 is 23.6 Å². The van der Waals surface area contributed by atoms with Crippen LogP contribution in [0.3, 0.4) is 0 Å². The first kappa shape index (κ1) is 26.7. The van der Waals surface area contributed by atoms with E-state index in [0.717, 1.165) is 5.56 Å². The van der Waals surface area contributed by atoms with Gasteiger partial charge in [-0.2, -0.15) is 0 Å². The van der Waals surface area contributed by atoms with Crippen molar-refractivity contribution in [2.45, 2.75) is 65.7 Å². The zero-order valence-corrected chi connectivity index (χ0v) is 20.7. The molecule has 34 heavy (non-hydrogen) atoms. The highest BCUT2D eigenvalue weighted by Crippen LogP contribution is 2.20. The van der Waals surface area contributed by atoms with Crippen molar-refractivity contribution in [2.24, 2.45) is 0 Å². The summed E-state index contributed by atoms with van der Waals surface area (Å²) in [7, 11) is 0. The zero-order valence-electron chi connectivity index (χ0n) is 20.7. The molecule has 0 radical (unpaired) electrons. The molecule has 2 aromatic carbocycles. The first-order valence-corrected chi connectivity index (χ1v) is 11.3. The van der Waals surface area contributed by atoms with Crippen molar-refractivity contribution in [1.29, 1.82) is 0 Å². The van der Waals surface area contributed by atoms with Gasteiger partial charge in [0.05, 0.1) is 0 Å². The Labute approximate surface area is 201 Å². The Morgan fingerprint density at radius 2 is 1.56 bits per heavy atom. The molecule has 2 rings (SSSR count). The number of nitrogens with one attached hydrogen (secondary N) is 3. The van der Waals surface area contributed by atoms with E-state index in [1.807, 2.05) is 30.3 Å². The first-order valence-electron chi connectivity index (χ1n) is 11.3. The van der Waals surface area contributed by atoms with E-state index in [1.54, 1.807) is 45.9 Å². The van der Waals surface area contributed by atoms with E-state index in [2.05, 4.69) is 29.8 Å². The van der Waals surface area contributed by atoms with Crippen LogP contribution in [0.1, 0.15) is 58.6 Å². The topological polar surface area (TPSA) is 106 Å². The summed E-state index contributed by atoms with van der Waals surface area (Å²) >= 11 is 0. The van der Waals surface area contributed by atoms with Gasteiger partial charge in [-0.05, 0) is 62.9 Å². The van der Waals surface area contributed by atoms with Crippen molar-refractivity contribution in [2.75, 3.05) is 11.9 Å². The number of hydrogen-bond donors (Lipinski definition) is 3. The Kier molecular flexibility index (Phi) is 9.47. The SMILES string of the molecule is CC(Oc1ccc(C(C)C)cc1)C(=O)NCc1ccccc1NC(=O)CNC(=O)OC(C)(C)C. The molecule has 8 heteroatoms. The molecule has 0 saturated heterocycles. The maximum absolute atomic E-state index is 12.5. The van der Waals surface area contributed by atoms with Gasteiger partial charge < -0.3 is 25.4 Å². The van der Waals surface area contributed by atoms with E-state index in [4.69, 9.17) is 9.47 Å². The molecule has 0 spiro atoms. The Morgan fingerprint density at radius 1 is 0.912 bits per heavy atom. The predicted molar refractivity (Wildman–Crippen MR) is 132 cm³/mol. The predicted octanol–water partition coefficient (Wildman–Crippen LogP) is 4.36. The lowest BCUT2D eigenvalue weighted by Crippen LogP contribution is -2.37. The molecule has 0 fully saturated rings. The van der Waals surface area contributed by atoms with E-state index in [9.17, 15) is 14.4 Å². The molecule has 8 nitrogen and oxygen atoms in total. The third-order valence-electron chi connectivity index (χ3n) is 4.77. The van der Waals surface area contributed by atoms with Crippen LogP contribution in [0.2, 0.25) is 0 Å². The lowest BCUT2D eigenvalue weighted by molar-refractivity contribution is -0.127. The minimum absolute atomic E-state index is 0.203. The monoisotopic (exact) mass is 469 g/mol. The number of ether oxygens (including phenoxy) is 2. The third-order valence-corrected chi connectivity index (χ3v) is 4.77. The smallest absolute Gasteiger partial charge is 0.408 e. The number of anilines is 1. The quantitative estimate of drug-likeness (QED) is 0.506. The van der Waals surface area contributed by atoms with Gasteiger partial charge in [0.1, 0.15) is 17.9 Å². The van der Waals surface area contributed by atoms with Crippen molar-refractivity contribution in [3.05, 3.63) is 59.7 Å². The van der Waals surface area contributed by atoms with Crippen LogP contribution in [0, 0.1) is 0 Å². The van der Waals surface area contributed by atoms with Crippen LogP contribution in [0.15, 0.2) is 48.5 Å². The Morgan fingerprint density at radius 3 is 2.18 bits per heavy atom. The molecule has 0 aromatic heterocycles. The third kappa shape index (κ3) is 9.13. The van der Waals surface area contributed by atoms with Crippen LogP contribution in [0.4, 0.5) is 10.5 Å². The van der Waals surface area contributed by atoms with Crippen molar-refractivity contribution in [3.63, 3.8) is 0 Å². The highest BCUT2D eigenvalue weighted by atomic mass is 16.6. The molecule has 2 aromatic rings. The summed E-state index contributed by atoms with van der Waals surface area (Å²) in [5.41, 5.74) is 1.81. The number of hydrogen-bond acceptors (Lipinski definition) is 5. The van der Waals surface area contributed by atoms with Gasteiger partial charge in [0.25, 0.3) is 5.91 Å². The molecule has 1 unspecified atom stereocenters. The van der Waals surface area contributed by atoms with Crippen molar-refractivity contribution in [1.82, 2.24) is 10.6 Å². The first-order chi connectivity index (χ1) is 15.9. The second-order valence-electron chi connectivity index (χ2n) is 9.26. The molecule has 1 atom stereocenters. The van der Waals surface area contributed by atoms with Gasteiger partial charge in [0.2, 0.25) is 5.91 Å². The highest BCUT2D eigenvalue weighted by molar-refractivity contribution is 5.94. The fourth-order valence-electron chi connectivity index (χ4n) is 2.97. The number of rotatable bonds is 9. The van der Waals surface area contributed by atoms with E-state index in [1.165, 1.54) is 5.56 Å². The van der Waals surface area contributed by atoms with Gasteiger partial charge in [-0.25, -0.2) is 4.79 Å². The molecular weight excluding hydrogens is 434 g/mol. The number of benzene rings is 2. The van der Waals surface area contributed by atoms with Crippen molar-refractivity contribution < 1.29 is 23.9 Å². The molecule has 0 aliphatic carbocycles. The maximum atomic E-state index is 12.5. The van der Waals surface area contributed by atoms with Crippen molar-refractivity contribution in [3.8, 4) is 5.75 Å². The second-order valence-corrected chi connectivity index (χ2v) is 9.26. The summed E-state index contributed by atoms with van der Waals surface area (Å²) in [6, 6.07) is 14.8. The number of alkyl carbamates (subject to hydrolysis) is 1. The largest absolute Gasteiger partial charge is 0.481 e. The lowest BCUT2D eigenvalue weighted by Gasteiger charge is -2.19. The van der Waals surface area contributed by atoms with Gasteiger partial charge in [-0.3, -0.25) is 9.59 Å². The van der Waals surface area contributed by atoms with E-state index >= 15 is 0 Å². The van der Waals surface area contributed by atoms with Crippen LogP contribution in [0.25, 0.3) is 0 Å². The molecule has 0 aliphatic heterocycles. The molecular formula is C26H35N3O5. The number of amides is 3. The number of carbonyl (C=O) groups excluding carboxylic acids is 3. The summed E-state index contributed by atoms with van der Waals surface area (Å²) in [6.45, 7) is 11.1. The fourth-order valence-corrected chi connectivity index (χ4v) is 2.97. The van der Waals surface area contributed by atoms with E-state index in [0.29, 0.717) is 17.4 Å². The average Bonchev–Trinajstić information content (AvgIpc) is 2.76. The Balaban J connectivity index is 1.87. The van der Waals surface area contributed by atoms with Gasteiger partial charge in [-0.15, -0.1) is 0 Å². The second kappa shape index (κ2) is 12.1. The molecule has 0 aliphatic rings. The van der Waals surface area contributed by atoms with E-state index in [-0.39, 0.29) is 19.0 Å². The highest BCUT2D eigenvalue weighted by Gasteiger charge is 2.18. The minimum Gasteiger partial charge on any atom is -0.481 e. The standard InChI is InChI=1S/C26H35N3O5/c1-17(2)19-11-13-21(14-12-19)33-18(3)24(31)27-15-20-9-7-8-10-22(20)29-23(30)16-28-25(32)34-26(4,5)6/h7-14,17-18H,15-16H2,1-6H3,(H,27,31)(H,28,32)(H,29,30). The summed E-state index contributed by atoms with van der Waals surface area (Å²) in [5.74, 6) is 0.354. The lowest BCUT2D eigenvalue weighted by atomic mass is 10.0. The molecule has 184 valence electrons. The van der Waals surface area contributed by atoms with Crippen LogP contribution in [-0.2, 0) is 20.9 Å². The summed E-state index contributed by atoms with van der Waals surface area (Å²) in [6.07, 6.45) is -1.36. The van der Waals surface area contributed by atoms with Gasteiger partial charge in [-0.1, -0.05) is 44.2 Å². The number of para-hydroxylation sites is 1. The normalized spacial score (nSPS) is 12.0. The molecule has 0 saturated carbocycles. The van der Waals surface area contributed by atoms with Gasteiger partial charge in [0.15, 0.2) is 6.10 Å². The molecule has 3 N–H and O–H groups in total.